The third-order valence-corrected chi connectivity index (χ3v) is 4.36. The fourth-order valence-electron chi connectivity index (χ4n) is 1.63. The number of nitrogens with zero attached hydrogens (tertiary/aromatic N) is 2. The lowest BCUT2D eigenvalue weighted by Gasteiger charge is -2.22. The van der Waals surface area contributed by atoms with E-state index in [2.05, 4.69) is 27.7 Å². The smallest absolute Gasteiger partial charge is 0.253 e. The molecule has 0 saturated heterocycles. The highest BCUT2D eigenvalue weighted by Gasteiger charge is 2.17. The second-order valence-corrected chi connectivity index (χ2v) is 5.82. The molecule has 6 nitrogen and oxygen atoms in total. The zero-order chi connectivity index (χ0) is 15.8. The Bertz CT molecular complexity index is 525. The minimum absolute atomic E-state index is 0.0749. The highest BCUT2D eigenvalue weighted by atomic mass is 127. The van der Waals surface area contributed by atoms with Crippen LogP contribution in [0, 0.1) is 3.57 Å². The molecule has 1 amide bonds. The number of carbonyl (C=O) groups is 1. The summed E-state index contributed by atoms with van der Waals surface area (Å²) in [6.07, 6.45) is 0.282. The maximum atomic E-state index is 12.5. The monoisotopic (exact) mass is 425 g/mol. The van der Waals surface area contributed by atoms with E-state index < -0.39 is 0 Å². The molecule has 0 fully saturated rings. The first kappa shape index (κ1) is 18.0. The van der Waals surface area contributed by atoms with Crippen LogP contribution in [-0.2, 0) is 4.74 Å². The highest BCUT2D eigenvalue weighted by Crippen LogP contribution is 2.20. The molecule has 8 heteroatoms. The van der Waals surface area contributed by atoms with E-state index >= 15 is 0 Å². The van der Waals surface area contributed by atoms with Gasteiger partial charge in [0.15, 0.2) is 0 Å². The number of halogens is 2. The quantitative estimate of drug-likeness (QED) is 0.230. The minimum atomic E-state index is -0.170. The van der Waals surface area contributed by atoms with Gasteiger partial charge in [-0.3, -0.25) is 4.79 Å². The van der Waals surface area contributed by atoms with Crippen LogP contribution in [0.2, 0.25) is 5.02 Å². The summed E-state index contributed by atoms with van der Waals surface area (Å²) < 4.78 is 5.88. The average molecular weight is 426 g/mol. The Hall–Kier alpha value is -1.06. The van der Waals surface area contributed by atoms with Gasteiger partial charge in [0.05, 0.1) is 11.6 Å². The van der Waals surface area contributed by atoms with Crippen LogP contribution in [0.4, 0.5) is 0 Å². The summed E-state index contributed by atoms with van der Waals surface area (Å²) in [6, 6.07) is 5.14. The first-order chi connectivity index (χ1) is 9.99. The minimum Gasteiger partial charge on any atom is -0.409 e. The van der Waals surface area contributed by atoms with E-state index in [1.807, 2.05) is 0 Å². The van der Waals surface area contributed by atoms with Gasteiger partial charge in [-0.25, -0.2) is 0 Å². The lowest BCUT2D eigenvalue weighted by molar-refractivity contribution is 0.0700. The highest BCUT2D eigenvalue weighted by molar-refractivity contribution is 14.1. The summed E-state index contributed by atoms with van der Waals surface area (Å²) >= 11 is 8.14. The van der Waals surface area contributed by atoms with Crippen molar-refractivity contribution >= 4 is 45.9 Å². The van der Waals surface area contributed by atoms with E-state index in [0.29, 0.717) is 30.3 Å². The maximum absolute atomic E-state index is 12.5. The number of amidine groups is 1. The molecular weight excluding hydrogens is 409 g/mol. The average Bonchev–Trinajstić information content (AvgIpc) is 2.49. The topological polar surface area (TPSA) is 88.2 Å². The molecule has 0 heterocycles. The number of ether oxygens (including phenoxy) is 1. The number of benzene rings is 1. The third kappa shape index (κ3) is 5.68. The normalized spacial score (nSPS) is 11.5. The molecule has 0 unspecified atom stereocenters. The van der Waals surface area contributed by atoms with Gasteiger partial charge in [-0.15, -0.1) is 0 Å². The van der Waals surface area contributed by atoms with Gasteiger partial charge in [-0.05, 0) is 40.8 Å². The van der Waals surface area contributed by atoms with Crippen molar-refractivity contribution in [1.29, 1.82) is 0 Å². The largest absolute Gasteiger partial charge is 0.409 e. The number of carbonyl (C=O) groups excluding carboxylic acids is 1. The number of hydrogen-bond acceptors (Lipinski definition) is 4. The SMILES string of the molecule is COCCN(CC/C(N)=N/O)C(=O)c1ccc(I)c(Cl)c1. The van der Waals surface area contributed by atoms with Gasteiger partial charge in [0.1, 0.15) is 5.84 Å². The molecule has 116 valence electrons. The summed E-state index contributed by atoms with van der Waals surface area (Å²) in [7, 11) is 1.56. The van der Waals surface area contributed by atoms with E-state index in [1.165, 1.54) is 0 Å². The van der Waals surface area contributed by atoms with Crippen molar-refractivity contribution in [1.82, 2.24) is 4.90 Å². The van der Waals surface area contributed by atoms with Crippen LogP contribution in [-0.4, -0.2) is 48.7 Å². The Morgan fingerprint density at radius 1 is 1.52 bits per heavy atom. The van der Waals surface area contributed by atoms with Gasteiger partial charge in [-0.2, -0.15) is 0 Å². The predicted octanol–water partition coefficient (Wildman–Crippen LogP) is 2.17. The zero-order valence-electron chi connectivity index (χ0n) is 11.6. The van der Waals surface area contributed by atoms with Crippen LogP contribution in [0.25, 0.3) is 0 Å². The first-order valence-electron chi connectivity index (χ1n) is 6.19. The van der Waals surface area contributed by atoms with E-state index in [9.17, 15) is 4.79 Å². The van der Waals surface area contributed by atoms with E-state index in [4.69, 9.17) is 27.3 Å². The number of nitrogens with two attached hydrogens (primary N) is 1. The molecule has 0 aromatic heterocycles. The van der Waals surface area contributed by atoms with Crippen LogP contribution in [0.3, 0.4) is 0 Å². The van der Waals surface area contributed by atoms with Crippen LogP contribution in [0.15, 0.2) is 23.4 Å². The number of methoxy groups -OCH3 is 1. The molecule has 0 saturated carbocycles. The van der Waals surface area contributed by atoms with Gasteiger partial charge in [0.25, 0.3) is 5.91 Å². The van der Waals surface area contributed by atoms with Crippen molar-refractivity contribution in [3.63, 3.8) is 0 Å². The number of hydrogen-bond donors (Lipinski definition) is 2. The van der Waals surface area contributed by atoms with Gasteiger partial charge < -0.3 is 20.6 Å². The van der Waals surface area contributed by atoms with Crippen molar-refractivity contribution in [2.45, 2.75) is 6.42 Å². The molecule has 1 aromatic rings. The number of rotatable bonds is 7. The van der Waals surface area contributed by atoms with Crippen LogP contribution in [0.5, 0.6) is 0 Å². The molecule has 0 atom stereocenters. The molecule has 0 aliphatic rings. The molecular formula is C13H17ClIN3O3. The van der Waals surface area contributed by atoms with Crippen molar-refractivity contribution in [3.8, 4) is 0 Å². The third-order valence-electron chi connectivity index (χ3n) is 2.79. The fraction of sp³-hybridized carbons (Fsp3) is 0.385. The first-order valence-corrected chi connectivity index (χ1v) is 7.65. The zero-order valence-corrected chi connectivity index (χ0v) is 14.5. The van der Waals surface area contributed by atoms with Crippen LogP contribution in [0.1, 0.15) is 16.8 Å². The van der Waals surface area contributed by atoms with E-state index in [1.54, 1.807) is 30.2 Å². The van der Waals surface area contributed by atoms with Crippen LogP contribution < -0.4 is 5.73 Å². The molecule has 1 aromatic carbocycles. The Labute approximate surface area is 142 Å². The Morgan fingerprint density at radius 3 is 2.81 bits per heavy atom. The summed E-state index contributed by atoms with van der Waals surface area (Å²) in [4.78, 5) is 14.1. The maximum Gasteiger partial charge on any atom is 0.253 e. The Morgan fingerprint density at radius 2 is 2.24 bits per heavy atom. The molecule has 1 rings (SSSR count). The Kier molecular flexibility index (Phi) is 7.76. The fourth-order valence-corrected chi connectivity index (χ4v) is 2.14. The van der Waals surface area contributed by atoms with E-state index in [0.717, 1.165) is 3.57 Å². The summed E-state index contributed by atoms with van der Waals surface area (Å²) in [5, 5.41) is 12.0. The summed E-state index contributed by atoms with van der Waals surface area (Å²) in [5.74, 6) is -0.0954. The van der Waals surface area contributed by atoms with Gasteiger partial charge in [0, 0.05) is 35.8 Å². The molecule has 0 radical (unpaired) electrons. The number of amides is 1. The van der Waals surface area contributed by atoms with E-state index in [-0.39, 0.29) is 18.2 Å². The molecule has 0 aliphatic heterocycles. The van der Waals surface area contributed by atoms with Crippen LogP contribution >= 0.6 is 34.2 Å². The van der Waals surface area contributed by atoms with Gasteiger partial charge in [-0.1, -0.05) is 16.8 Å². The van der Waals surface area contributed by atoms with Crippen molar-refractivity contribution in [2.75, 3.05) is 26.8 Å². The second kappa shape index (κ2) is 9.06. The van der Waals surface area contributed by atoms with Crippen molar-refractivity contribution in [2.24, 2.45) is 10.9 Å². The summed E-state index contributed by atoms with van der Waals surface area (Å²) in [5.41, 5.74) is 5.94. The van der Waals surface area contributed by atoms with Gasteiger partial charge in [0.2, 0.25) is 0 Å². The standard InChI is InChI=1S/C13H17ClIN3O3/c1-21-7-6-18(5-4-12(16)17-20)13(19)9-2-3-11(15)10(14)8-9/h2-3,8,20H,4-7H2,1H3,(H2,16,17). The second-order valence-electron chi connectivity index (χ2n) is 4.26. The molecule has 21 heavy (non-hydrogen) atoms. The van der Waals surface area contributed by atoms with Crippen molar-refractivity contribution < 1.29 is 14.7 Å². The van der Waals surface area contributed by atoms with Gasteiger partial charge >= 0.3 is 0 Å². The lowest BCUT2D eigenvalue weighted by atomic mass is 10.2. The van der Waals surface area contributed by atoms with Crippen molar-refractivity contribution in [3.05, 3.63) is 32.4 Å². The number of oxime groups is 1. The lowest BCUT2D eigenvalue weighted by Crippen LogP contribution is -2.36. The molecule has 0 bridgehead atoms. The molecule has 0 spiro atoms. The summed E-state index contributed by atoms with van der Waals surface area (Å²) in [6.45, 7) is 1.15. The predicted molar refractivity (Wildman–Crippen MR) is 90.0 cm³/mol. The molecule has 0 aliphatic carbocycles. The molecule has 3 N–H and O–H groups in total. The Balaban J connectivity index is 2.84.